The van der Waals surface area contributed by atoms with E-state index in [4.69, 9.17) is 0 Å². The number of halogens is 2. The first-order valence-corrected chi connectivity index (χ1v) is 5.80. The minimum atomic E-state index is -0.844. The molecule has 0 nitrogen and oxygen atoms in total. The van der Waals surface area contributed by atoms with Crippen LogP contribution in [-0.4, -0.2) is 0 Å². The topological polar surface area (TPSA) is 0 Å². The second kappa shape index (κ2) is 6.62. The van der Waals surface area contributed by atoms with Gasteiger partial charge in [0.1, 0.15) is 6.33 Å². The van der Waals surface area contributed by atoms with Gasteiger partial charge in [-0.1, -0.05) is 31.9 Å². The van der Waals surface area contributed by atoms with Gasteiger partial charge in [0.2, 0.25) is 0 Å². The highest BCUT2D eigenvalue weighted by molar-refractivity contribution is 5.27. The summed E-state index contributed by atoms with van der Waals surface area (Å²) in [6, 6.07) is 0. The number of hydrogen-bond donors (Lipinski definition) is 0. The summed E-state index contributed by atoms with van der Waals surface area (Å²) in [6.45, 7) is 5.99. The second-order valence-corrected chi connectivity index (χ2v) is 4.49. The molecule has 0 saturated heterocycles. The van der Waals surface area contributed by atoms with Crippen LogP contribution >= 0.6 is 0 Å². The third kappa shape index (κ3) is 3.92. The van der Waals surface area contributed by atoms with Gasteiger partial charge in [-0.05, 0) is 30.8 Å². The lowest BCUT2D eigenvalue weighted by molar-refractivity contribution is 0.311. The van der Waals surface area contributed by atoms with E-state index >= 15 is 0 Å². The first-order chi connectivity index (χ1) is 7.67. The van der Waals surface area contributed by atoms with Gasteiger partial charge in [0, 0.05) is 5.92 Å². The number of rotatable bonds is 4. The minimum Gasteiger partial charge on any atom is -0.212 e. The summed E-state index contributed by atoms with van der Waals surface area (Å²) in [7, 11) is 0. The summed E-state index contributed by atoms with van der Waals surface area (Å²) in [4.78, 5) is 0. The zero-order valence-electron chi connectivity index (χ0n) is 9.76. The van der Waals surface area contributed by atoms with E-state index in [1.165, 1.54) is 12.8 Å². The molecule has 0 unspecified atom stereocenters. The largest absolute Gasteiger partial charge is 0.212 e. The zero-order valence-corrected chi connectivity index (χ0v) is 9.76. The molecule has 0 aromatic carbocycles. The SMILES string of the molecule is C=C[C](/C=C\C(F)=C\F)C1CCC(C)CC1. The molecule has 1 aliphatic carbocycles. The van der Waals surface area contributed by atoms with E-state index < -0.39 is 5.83 Å². The number of allylic oxidation sites excluding steroid dienone is 4. The lowest BCUT2D eigenvalue weighted by atomic mass is 9.76. The van der Waals surface area contributed by atoms with Crippen LogP contribution in [0, 0.1) is 17.8 Å². The monoisotopic (exact) mass is 225 g/mol. The molecule has 16 heavy (non-hydrogen) atoms. The van der Waals surface area contributed by atoms with Crippen molar-refractivity contribution in [1.82, 2.24) is 0 Å². The molecule has 0 aromatic heterocycles. The van der Waals surface area contributed by atoms with Gasteiger partial charge in [-0.3, -0.25) is 0 Å². The summed E-state index contributed by atoms with van der Waals surface area (Å²) < 4.78 is 24.4. The summed E-state index contributed by atoms with van der Waals surface area (Å²) in [5, 5.41) is 0. The number of hydrogen-bond acceptors (Lipinski definition) is 0. The van der Waals surface area contributed by atoms with E-state index in [0.717, 1.165) is 30.8 Å². The van der Waals surface area contributed by atoms with Crippen LogP contribution in [0.25, 0.3) is 0 Å². The van der Waals surface area contributed by atoms with Crippen LogP contribution in [0.15, 0.2) is 37.0 Å². The predicted molar refractivity (Wildman–Crippen MR) is 64.0 cm³/mol. The van der Waals surface area contributed by atoms with Crippen molar-refractivity contribution < 1.29 is 8.78 Å². The molecule has 2 heteroatoms. The van der Waals surface area contributed by atoms with Gasteiger partial charge in [-0.2, -0.15) is 0 Å². The van der Waals surface area contributed by atoms with Crippen molar-refractivity contribution >= 4 is 0 Å². The van der Waals surface area contributed by atoms with Gasteiger partial charge in [0.25, 0.3) is 0 Å². The predicted octanol–water partition coefficient (Wildman–Crippen LogP) is 4.91. The molecule has 1 saturated carbocycles. The molecule has 1 radical (unpaired) electrons. The highest BCUT2D eigenvalue weighted by Crippen LogP contribution is 2.35. The van der Waals surface area contributed by atoms with Crippen LogP contribution in [0.2, 0.25) is 0 Å². The molecule has 89 valence electrons. The minimum absolute atomic E-state index is 0.0276. The average molecular weight is 225 g/mol. The maximum Gasteiger partial charge on any atom is 0.151 e. The summed E-state index contributed by atoms with van der Waals surface area (Å²) in [6.07, 6.45) is 9.17. The second-order valence-electron chi connectivity index (χ2n) is 4.49. The third-order valence-electron chi connectivity index (χ3n) is 3.26. The van der Waals surface area contributed by atoms with Crippen LogP contribution in [0.3, 0.4) is 0 Å². The molecular formula is C14H19F2. The van der Waals surface area contributed by atoms with Crippen molar-refractivity contribution in [2.45, 2.75) is 32.6 Å². The average Bonchev–Trinajstić information content (AvgIpc) is 2.31. The first kappa shape index (κ1) is 13.1. The van der Waals surface area contributed by atoms with Gasteiger partial charge >= 0.3 is 0 Å². The fourth-order valence-electron chi connectivity index (χ4n) is 2.18. The molecule has 1 rings (SSSR count). The standard InChI is InChI=1S/C14H19F2/c1-3-12(8-9-14(16)10-15)13-6-4-11(2)5-7-13/h3,8-11,13H,1,4-7H2,2H3/b9-8-,14-10-. The van der Waals surface area contributed by atoms with Gasteiger partial charge in [-0.15, -0.1) is 6.58 Å². The molecule has 1 fully saturated rings. The molecule has 0 bridgehead atoms. The Kier molecular flexibility index (Phi) is 5.44. The van der Waals surface area contributed by atoms with Crippen LogP contribution < -0.4 is 0 Å². The molecule has 0 aliphatic heterocycles. The maximum atomic E-state index is 12.6. The van der Waals surface area contributed by atoms with Crippen molar-refractivity contribution in [1.29, 1.82) is 0 Å². The fourth-order valence-corrected chi connectivity index (χ4v) is 2.18. The van der Waals surface area contributed by atoms with Crippen molar-refractivity contribution in [2.75, 3.05) is 0 Å². The highest BCUT2D eigenvalue weighted by Gasteiger charge is 2.23. The molecule has 0 spiro atoms. The Morgan fingerprint density at radius 3 is 2.31 bits per heavy atom. The van der Waals surface area contributed by atoms with Crippen molar-refractivity contribution in [2.24, 2.45) is 11.8 Å². The lowest BCUT2D eigenvalue weighted by Gasteiger charge is -2.29. The van der Waals surface area contributed by atoms with E-state index in [1.807, 2.05) is 0 Å². The Labute approximate surface area is 96.7 Å². The Morgan fingerprint density at radius 1 is 1.19 bits per heavy atom. The van der Waals surface area contributed by atoms with Gasteiger partial charge in [-0.25, -0.2) is 8.78 Å². The first-order valence-electron chi connectivity index (χ1n) is 5.80. The Balaban J connectivity index is 2.54. The molecule has 0 aromatic rings. The Morgan fingerprint density at radius 2 is 1.81 bits per heavy atom. The van der Waals surface area contributed by atoms with E-state index in [1.54, 1.807) is 12.2 Å². The van der Waals surface area contributed by atoms with Crippen LogP contribution in [-0.2, 0) is 0 Å². The molecule has 0 amide bonds. The lowest BCUT2D eigenvalue weighted by Crippen LogP contribution is -2.16. The summed E-state index contributed by atoms with van der Waals surface area (Å²) in [5.74, 6) is 1.42. The summed E-state index contributed by atoms with van der Waals surface area (Å²) >= 11 is 0. The van der Waals surface area contributed by atoms with Crippen LogP contribution in [0.1, 0.15) is 32.6 Å². The Hall–Kier alpha value is -0.920. The molecule has 0 heterocycles. The van der Waals surface area contributed by atoms with Gasteiger partial charge in [0.05, 0.1) is 0 Å². The van der Waals surface area contributed by atoms with Crippen molar-refractivity contribution in [3.8, 4) is 0 Å². The smallest absolute Gasteiger partial charge is 0.151 e. The molecular weight excluding hydrogens is 206 g/mol. The van der Waals surface area contributed by atoms with Crippen molar-refractivity contribution in [3.63, 3.8) is 0 Å². The van der Waals surface area contributed by atoms with E-state index in [0.29, 0.717) is 5.92 Å². The van der Waals surface area contributed by atoms with E-state index in [2.05, 4.69) is 13.5 Å². The molecule has 0 atom stereocenters. The quantitative estimate of drug-likeness (QED) is 0.596. The van der Waals surface area contributed by atoms with E-state index in [9.17, 15) is 8.78 Å². The molecule has 1 aliphatic rings. The summed E-state index contributed by atoms with van der Waals surface area (Å²) in [5.41, 5.74) is 0. The zero-order chi connectivity index (χ0) is 12.0. The van der Waals surface area contributed by atoms with E-state index in [-0.39, 0.29) is 6.33 Å². The Bertz CT molecular complexity index is 270. The van der Waals surface area contributed by atoms with Gasteiger partial charge < -0.3 is 0 Å². The van der Waals surface area contributed by atoms with Crippen LogP contribution in [0.4, 0.5) is 8.78 Å². The fraction of sp³-hybridized carbons (Fsp3) is 0.500. The normalized spacial score (nSPS) is 27.6. The van der Waals surface area contributed by atoms with Crippen molar-refractivity contribution in [3.05, 3.63) is 42.9 Å². The highest BCUT2D eigenvalue weighted by atomic mass is 19.2. The maximum absolute atomic E-state index is 12.6. The third-order valence-corrected chi connectivity index (χ3v) is 3.26. The van der Waals surface area contributed by atoms with Gasteiger partial charge in [0.15, 0.2) is 5.83 Å². The van der Waals surface area contributed by atoms with Crippen LogP contribution in [0.5, 0.6) is 0 Å². The molecule has 0 N–H and O–H groups in total.